The predicted molar refractivity (Wildman–Crippen MR) is 65.4 cm³/mol. The Morgan fingerprint density at radius 1 is 1.65 bits per heavy atom. The molecule has 0 aromatic carbocycles. The molecule has 1 aliphatic heterocycles. The van der Waals surface area contributed by atoms with Gasteiger partial charge in [0.05, 0.1) is 12.2 Å². The first kappa shape index (κ1) is 12.0. The maximum absolute atomic E-state index is 12.0. The standard InChI is InChI=1S/C12H18N4O/c1-16-7-6-13-9-11(16)12(17)15-8-10-4-2-3-5-14-10/h2-5,11,13H,6-9H2,1H3,(H,15,17). The Morgan fingerprint density at radius 3 is 3.24 bits per heavy atom. The van der Waals surface area contributed by atoms with E-state index in [2.05, 4.69) is 20.5 Å². The number of hydrogen-bond donors (Lipinski definition) is 2. The second-order valence-corrected chi connectivity index (χ2v) is 4.24. The van der Waals surface area contributed by atoms with Crippen molar-refractivity contribution in [1.82, 2.24) is 20.5 Å². The molecular formula is C12H18N4O. The van der Waals surface area contributed by atoms with Gasteiger partial charge in [0.15, 0.2) is 0 Å². The van der Waals surface area contributed by atoms with Crippen molar-refractivity contribution in [2.24, 2.45) is 0 Å². The minimum atomic E-state index is -0.0764. The van der Waals surface area contributed by atoms with Crippen molar-refractivity contribution in [3.8, 4) is 0 Å². The van der Waals surface area contributed by atoms with Gasteiger partial charge >= 0.3 is 0 Å². The number of likely N-dealkylation sites (N-methyl/N-ethyl adjacent to an activating group) is 1. The van der Waals surface area contributed by atoms with Crippen LogP contribution >= 0.6 is 0 Å². The van der Waals surface area contributed by atoms with Crippen LogP contribution in [-0.4, -0.2) is 48.5 Å². The fourth-order valence-corrected chi connectivity index (χ4v) is 1.90. The minimum Gasteiger partial charge on any atom is -0.349 e. The normalized spacial score (nSPS) is 21.1. The summed E-state index contributed by atoms with van der Waals surface area (Å²) in [6.07, 6.45) is 1.73. The summed E-state index contributed by atoms with van der Waals surface area (Å²) in [5.74, 6) is 0.0605. The van der Waals surface area contributed by atoms with Crippen molar-refractivity contribution >= 4 is 5.91 Å². The molecule has 0 spiro atoms. The van der Waals surface area contributed by atoms with Gasteiger partial charge in [-0.25, -0.2) is 0 Å². The smallest absolute Gasteiger partial charge is 0.238 e. The second-order valence-electron chi connectivity index (χ2n) is 4.24. The van der Waals surface area contributed by atoms with E-state index in [0.717, 1.165) is 18.8 Å². The molecule has 5 heteroatoms. The van der Waals surface area contributed by atoms with Crippen molar-refractivity contribution in [1.29, 1.82) is 0 Å². The molecule has 2 heterocycles. The van der Waals surface area contributed by atoms with Crippen LogP contribution in [0.15, 0.2) is 24.4 Å². The zero-order valence-electron chi connectivity index (χ0n) is 10.0. The van der Waals surface area contributed by atoms with Gasteiger partial charge < -0.3 is 10.6 Å². The molecule has 0 radical (unpaired) electrons. The summed E-state index contributed by atoms with van der Waals surface area (Å²) in [6, 6.07) is 5.61. The first-order valence-corrected chi connectivity index (χ1v) is 5.86. The van der Waals surface area contributed by atoms with E-state index in [1.807, 2.05) is 25.2 Å². The summed E-state index contributed by atoms with van der Waals surface area (Å²) in [7, 11) is 1.98. The van der Waals surface area contributed by atoms with Crippen LogP contribution in [0.5, 0.6) is 0 Å². The molecule has 1 aromatic heterocycles. The van der Waals surface area contributed by atoms with E-state index >= 15 is 0 Å². The van der Waals surface area contributed by atoms with Gasteiger partial charge in [-0.1, -0.05) is 6.07 Å². The number of rotatable bonds is 3. The molecule has 1 atom stereocenters. The molecule has 1 aromatic rings. The topological polar surface area (TPSA) is 57.3 Å². The summed E-state index contributed by atoms with van der Waals surface area (Å²) in [4.78, 5) is 18.2. The number of nitrogens with one attached hydrogen (secondary N) is 2. The molecule has 2 N–H and O–H groups in total. The van der Waals surface area contributed by atoms with Crippen LogP contribution in [0.1, 0.15) is 5.69 Å². The molecule has 0 bridgehead atoms. The lowest BCUT2D eigenvalue weighted by Gasteiger charge is -2.31. The summed E-state index contributed by atoms with van der Waals surface area (Å²) in [5.41, 5.74) is 0.882. The lowest BCUT2D eigenvalue weighted by molar-refractivity contribution is -0.126. The molecule has 1 fully saturated rings. The van der Waals surface area contributed by atoms with E-state index in [4.69, 9.17) is 0 Å². The maximum Gasteiger partial charge on any atom is 0.238 e. The monoisotopic (exact) mass is 234 g/mol. The molecule has 1 unspecified atom stereocenters. The largest absolute Gasteiger partial charge is 0.349 e. The van der Waals surface area contributed by atoms with Crippen LogP contribution in [-0.2, 0) is 11.3 Å². The SMILES string of the molecule is CN1CCNCC1C(=O)NCc1ccccn1. The lowest BCUT2D eigenvalue weighted by atomic mass is 10.2. The number of carbonyl (C=O) groups excluding carboxylic acids is 1. The highest BCUT2D eigenvalue weighted by Crippen LogP contribution is 2.00. The van der Waals surface area contributed by atoms with Crippen LogP contribution in [0.4, 0.5) is 0 Å². The number of carbonyl (C=O) groups is 1. The van der Waals surface area contributed by atoms with Gasteiger partial charge in [0.2, 0.25) is 5.91 Å². The Bertz CT molecular complexity index is 368. The van der Waals surface area contributed by atoms with Gasteiger partial charge in [0, 0.05) is 25.8 Å². The summed E-state index contributed by atoms with van der Waals surface area (Å²) in [5, 5.41) is 6.14. The van der Waals surface area contributed by atoms with E-state index in [9.17, 15) is 4.79 Å². The van der Waals surface area contributed by atoms with Crippen LogP contribution in [0.2, 0.25) is 0 Å². The Labute approximate surface area is 101 Å². The zero-order valence-corrected chi connectivity index (χ0v) is 10.0. The third-order valence-corrected chi connectivity index (χ3v) is 2.98. The Kier molecular flexibility index (Phi) is 4.06. The summed E-state index contributed by atoms with van der Waals surface area (Å²) < 4.78 is 0. The summed E-state index contributed by atoms with van der Waals surface area (Å²) >= 11 is 0. The number of pyridine rings is 1. The fraction of sp³-hybridized carbons (Fsp3) is 0.500. The highest BCUT2D eigenvalue weighted by molar-refractivity contribution is 5.82. The number of hydrogen-bond acceptors (Lipinski definition) is 4. The van der Waals surface area contributed by atoms with Gasteiger partial charge in [-0.15, -0.1) is 0 Å². The predicted octanol–water partition coefficient (Wildman–Crippen LogP) is -0.399. The zero-order chi connectivity index (χ0) is 12.1. The lowest BCUT2D eigenvalue weighted by Crippen LogP contribution is -2.56. The van der Waals surface area contributed by atoms with Crippen molar-refractivity contribution in [3.05, 3.63) is 30.1 Å². The highest BCUT2D eigenvalue weighted by atomic mass is 16.2. The maximum atomic E-state index is 12.0. The Morgan fingerprint density at radius 2 is 2.53 bits per heavy atom. The van der Waals surface area contributed by atoms with E-state index < -0.39 is 0 Å². The number of amides is 1. The quantitative estimate of drug-likeness (QED) is 0.747. The molecule has 1 saturated heterocycles. The van der Waals surface area contributed by atoms with Crippen LogP contribution in [0, 0.1) is 0 Å². The van der Waals surface area contributed by atoms with Crippen molar-refractivity contribution in [3.63, 3.8) is 0 Å². The Balaban J connectivity index is 1.84. The van der Waals surface area contributed by atoms with Crippen molar-refractivity contribution in [2.45, 2.75) is 12.6 Å². The third-order valence-electron chi connectivity index (χ3n) is 2.98. The second kappa shape index (κ2) is 5.75. The van der Waals surface area contributed by atoms with Gasteiger partial charge in [-0.2, -0.15) is 0 Å². The first-order chi connectivity index (χ1) is 8.27. The van der Waals surface area contributed by atoms with Gasteiger partial charge in [-0.3, -0.25) is 14.7 Å². The fourth-order valence-electron chi connectivity index (χ4n) is 1.90. The van der Waals surface area contributed by atoms with E-state index in [0.29, 0.717) is 13.1 Å². The van der Waals surface area contributed by atoms with Gasteiger partial charge in [0.1, 0.15) is 6.04 Å². The van der Waals surface area contributed by atoms with E-state index in [1.165, 1.54) is 0 Å². The van der Waals surface area contributed by atoms with E-state index in [1.54, 1.807) is 6.20 Å². The van der Waals surface area contributed by atoms with Crippen molar-refractivity contribution < 1.29 is 4.79 Å². The van der Waals surface area contributed by atoms with Crippen LogP contribution in [0.25, 0.3) is 0 Å². The number of nitrogens with zero attached hydrogens (tertiary/aromatic N) is 2. The number of piperazine rings is 1. The highest BCUT2D eigenvalue weighted by Gasteiger charge is 2.25. The molecule has 0 aliphatic carbocycles. The van der Waals surface area contributed by atoms with Crippen LogP contribution in [0.3, 0.4) is 0 Å². The Hall–Kier alpha value is -1.46. The molecule has 92 valence electrons. The average Bonchev–Trinajstić information content (AvgIpc) is 2.38. The van der Waals surface area contributed by atoms with Gasteiger partial charge in [-0.05, 0) is 19.2 Å². The van der Waals surface area contributed by atoms with Crippen molar-refractivity contribution in [2.75, 3.05) is 26.7 Å². The third kappa shape index (κ3) is 3.25. The summed E-state index contributed by atoms with van der Waals surface area (Å²) in [6.45, 7) is 3.05. The first-order valence-electron chi connectivity index (χ1n) is 5.86. The molecule has 1 aliphatic rings. The number of aromatic nitrogens is 1. The average molecular weight is 234 g/mol. The molecule has 1 amide bonds. The molecular weight excluding hydrogens is 216 g/mol. The molecule has 5 nitrogen and oxygen atoms in total. The minimum absolute atomic E-state index is 0.0605. The molecule has 0 saturated carbocycles. The molecule has 17 heavy (non-hydrogen) atoms. The van der Waals surface area contributed by atoms with Crippen LogP contribution < -0.4 is 10.6 Å². The van der Waals surface area contributed by atoms with Gasteiger partial charge in [0.25, 0.3) is 0 Å². The van der Waals surface area contributed by atoms with E-state index in [-0.39, 0.29) is 11.9 Å². The molecule has 2 rings (SSSR count).